The maximum Gasteiger partial charge on any atom is 0.220 e. The van der Waals surface area contributed by atoms with E-state index < -0.39 is 0 Å². The summed E-state index contributed by atoms with van der Waals surface area (Å²) >= 11 is 1.63. The zero-order chi connectivity index (χ0) is 11.8. The highest BCUT2D eigenvalue weighted by Gasteiger charge is 2.02. The van der Waals surface area contributed by atoms with Gasteiger partial charge >= 0.3 is 0 Å². The summed E-state index contributed by atoms with van der Waals surface area (Å²) < 4.78 is 0. The summed E-state index contributed by atoms with van der Waals surface area (Å²) in [6.07, 6.45) is 2.73. The van der Waals surface area contributed by atoms with E-state index in [4.69, 9.17) is 5.11 Å². The monoisotopic (exact) mass is 242 g/mol. The van der Waals surface area contributed by atoms with Crippen LogP contribution in [0.25, 0.3) is 0 Å². The molecule has 0 atom stereocenters. The number of carbonyl (C=O) groups excluding carboxylic acids is 1. The molecule has 0 saturated carbocycles. The lowest BCUT2D eigenvalue weighted by molar-refractivity contribution is -0.121. The van der Waals surface area contributed by atoms with E-state index in [1.165, 1.54) is 0 Å². The molecule has 4 nitrogen and oxygen atoms in total. The summed E-state index contributed by atoms with van der Waals surface area (Å²) in [5, 5.41) is 14.5. The van der Waals surface area contributed by atoms with E-state index in [1.54, 1.807) is 11.3 Å². The first-order valence-corrected chi connectivity index (χ1v) is 6.39. The van der Waals surface area contributed by atoms with Crippen molar-refractivity contribution in [3.05, 3.63) is 16.1 Å². The molecule has 0 aromatic carbocycles. The van der Waals surface area contributed by atoms with Crippen molar-refractivity contribution < 1.29 is 9.90 Å². The molecule has 1 aromatic rings. The first-order valence-electron chi connectivity index (χ1n) is 5.51. The minimum Gasteiger partial charge on any atom is -0.396 e. The predicted octanol–water partition coefficient (Wildman–Crippen LogP) is 1.27. The van der Waals surface area contributed by atoms with Gasteiger partial charge in [-0.05, 0) is 19.8 Å². The molecule has 1 heterocycles. The number of rotatable bonds is 7. The number of nitrogens with one attached hydrogen (secondary N) is 1. The third-order valence-corrected chi connectivity index (χ3v) is 3.00. The average Bonchev–Trinajstić information content (AvgIpc) is 2.65. The first-order chi connectivity index (χ1) is 7.72. The van der Waals surface area contributed by atoms with Crippen LogP contribution in [0.1, 0.15) is 30.0 Å². The van der Waals surface area contributed by atoms with Gasteiger partial charge in [0.1, 0.15) is 0 Å². The Balaban J connectivity index is 2.08. The summed E-state index contributed by atoms with van der Waals surface area (Å²) in [5.41, 5.74) is 1.04. The standard InChI is InChI=1S/C11H18N2O2S/c1-9-13-10(8-16-9)5-6-12-11(15)4-2-3-7-14/h8,14H,2-7H2,1H3,(H,12,15). The molecule has 1 aromatic heterocycles. The number of thiazole rings is 1. The van der Waals surface area contributed by atoms with Crippen LogP contribution in [0.5, 0.6) is 0 Å². The van der Waals surface area contributed by atoms with E-state index in [-0.39, 0.29) is 12.5 Å². The second-order valence-corrected chi connectivity index (χ2v) is 4.70. The summed E-state index contributed by atoms with van der Waals surface area (Å²) in [5.74, 6) is 0.0559. The molecule has 16 heavy (non-hydrogen) atoms. The lowest BCUT2D eigenvalue weighted by atomic mass is 10.2. The Morgan fingerprint density at radius 2 is 2.38 bits per heavy atom. The zero-order valence-corrected chi connectivity index (χ0v) is 10.3. The fourth-order valence-corrected chi connectivity index (χ4v) is 1.99. The minimum atomic E-state index is 0.0559. The molecule has 0 aliphatic carbocycles. The fraction of sp³-hybridized carbons (Fsp3) is 0.636. The maximum absolute atomic E-state index is 11.3. The predicted molar refractivity (Wildman–Crippen MR) is 64.5 cm³/mol. The molecule has 0 fully saturated rings. The molecule has 2 N–H and O–H groups in total. The van der Waals surface area contributed by atoms with E-state index in [0.29, 0.717) is 19.4 Å². The molecular formula is C11H18N2O2S. The quantitative estimate of drug-likeness (QED) is 0.708. The number of unbranched alkanes of at least 4 members (excludes halogenated alkanes) is 1. The van der Waals surface area contributed by atoms with Gasteiger partial charge < -0.3 is 10.4 Å². The molecule has 0 spiro atoms. The van der Waals surface area contributed by atoms with Crippen LogP contribution >= 0.6 is 11.3 Å². The number of amides is 1. The lowest BCUT2D eigenvalue weighted by Gasteiger charge is -2.03. The topological polar surface area (TPSA) is 62.2 Å². The minimum absolute atomic E-state index is 0.0559. The van der Waals surface area contributed by atoms with Crippen molar-refractivity contribution in [2.45, 2.75) is 32.6 Å². The van der Waals surface area contributed by atoms with E-state index in [0.717, 1.165) is 23.5 Å². The highest BCUT2D eigenvalue weighted by Crippen LogP contribution is 2.07. The molecule has 5 heteroatoms. The molecule has 0 radical (unpaired) electrons. The van der Waals surface area contributed by atoms with Gasteiger partial charge in [0.2, 0.25) is 5.91 Å². The zero-order valence-electron chi connectivity index (χ0n) is 9.53. The van der Waals surface area contributed by atoms with Crippen molar-refractivity contribution in [3.63, 3.8) is 0 Å². The molecule has 0 saturated heterocycles. The fourth-order valence-electron chi connectivity index (χ4n) is 1.34. The van der Waals surface area contributed by atoms with Gasteiger partial charge in [-0.2, -0.15) is 0 Å². The summed E-state index contributed by atoms with van der Waals surface area (Å²) in [6, 6.07) is 0. The average molecular weight is 242 g/mol. The van der Waals surface area contributed by atoms with E-state index in [1.807, 2.05) is 12.3 Å². The Morgan fingerprint density at radius 3 is 3.00 bits per heavy atom. The first kappa shape index (κ1) is 13.1. The summed E-state index contributed by atoms with van der Waals surface area (Å²) in [7, 11) is 0. The summed E-state index contributed by atoms with van der Waals surface area (Å²) in [6.45, 7) is 2.77. The Bertz CT molecular complexity index is 326. The van der Waals surface area contributed by atoms with Crippen molar-refractivity contribution in [3.8, 4) is 0 Å². The third-order valence-electron chi connectivity index (χ3n) is 2.18. The van der Waals surface area contributed by atoms with Gasteiger partial charge in [-0.1, -0.05) is 0 Å². The number of aryl methyl sites for hydroxylation is 1. The van der Waals surface area contributed by atoms with Crippen LogP contribution in [0.2, 0.25) is 0 Å². The SMILES string of the molecule is Cc1nc(CCNC(=O)CCCCO)cs1. The van der Waals surface area contributed by atoms with E-state index >= 15 is 0 Å². The van der Waals surface area contributed by atoms with Gasteiger partial charge in [0, 0.05) is 31.4 Å². The van der Waals surface area contributed by atoms with Gasteiger partial charge in [0.05, 0.1) is 10.7 Å². The van der Waals surface area contributed by atoms with Crippen LogP contribution in [0, 0.1) is 6.92 Å². The maximum atomic E-state index is 11.3. The number of aliphatic hydroxyl groups excluding tert-OH is 1. The van der Waals surface area contributed by atoms with Crippen molar-refractivity contribution in [2.75, 3.05) is 13.2 Å². The third kappa shape index (κ3) is 5.23. The summed E-state index contributed by atoms with van der Waals surface area (Å²) in [4.78, 5) is 15.6. The molecule has 90 valence electrons. The van der Waals surface area contributed by atoms with Crippen LogP contribution in [0.4, 0.5) is 0 Å². The van der Waals surface area contributed by atoms with Crippen molar-refractivity contribution in [2.24, 2.45) is 0 Å². The molecule has 0 unspecified atom stereocenters. The smallest absolute Gasteiger partial charge is 0.220 e. The van der Waals surface area contributed by atoms with Crippen molar-refractivity contribution in [1.29, 1.82) is 0 Å². The van der Waals surface area contributed by atoms with Crippen LogP contribution in [0.3, 0.4) is 0 Å². The van der Waals surface area contributed by atoms with Gasteiger partial charge in [-0.3, -0.25) is 4.79 Å². The van der Waals surface area contributed by atoms with Crippen LogP contribution in [-0.2, 0) is 11.2 Å². The number of hydrogen-bond donors (Lipinski definition) is 2. The molecule has 1 rings (SSSR count). The number of aliphatic hydroxyl groups is 1. The normalized spacial score (nSPS) is 10.4. The molecule has 0 aliphatic rings. The number of hydrogen-bond acceptors (Lipinski definition) is 4. The van der Waals surface area contributed by atoms with E-state index in [2.05, 4.69) is 10.3 Å². The van der Waals surface area contributed by atoms with Gasteiger partial charge in [-0.15, -0.1) is 11.3 Å². The van der Waals surface area contributed by atoms with Crippen LogP contribution in [-0.4, -0.2) is 29.1 Å². The lowest BCUT2D eigenvalue weighted by Crippen LogP contribution is -2.25. The largest absolute Gasteiger partial charge is 0.396 e. The van der Waals surface area contributed by atoms with Gasteiger partial charge in [0.25, 0.3) is 0 Å². The van der Waals surface area contributed by atoms with Crippen molar-refractivity contribution >= 4 is 17.2 Å². The highest BCUT2D eigenvalue weighted by molar-refractivity contribution is 7.09. The van der Waals surface area contributed by atoms with Crippen LogP contribution in [0.15, 0.2) is 5.38 Å². The molecular weight excluding hydrogens is 224 g/mol. The molecule has 1 amide bonds. The Morgan fingerprint density at radius 1 is 1.56 bits per heavy atom. The Labute approximate surface area is 99.7 Å². The van der Waals surface area contributed by atoms with Crippen molar-refractivity contribution in [1.82, 2.24) is 10.3 Å². The van der Waals surface area contributed by atoms with Crippen LogP contribution < -0.4 is 5.32 Å². The number of carbonyl (C=O) groups is 1. The number of aromatic nitrogens is 1. The number of nitrogens with zero attached hydrogens (tertiary/aromatic N) is 1. The van der Waals surface area contributed by atoms with E-state index in [9.17, 15) is 4.79 Å². The Hall–Kier alpha value is -0.940. The van der Waals surface area contributed by atoms with Gasteiger partial charge in [-0.25, -0.2) is 4.98 Å². The van der Waals surface area contributed by atoms with Gasteiger partial charge in [0.15, 0.2) is 0 Å². The molecule has 0 aliphatic heterocycles. The second kappa shape index (κ2) is 7.35. The second-order valence-electron chi connectivity index (χ2n) is 3.64. The molecule has 0 bridgehead atoms. The highest BCUT2D eigenvalue weighted by atomic mass is 32.1. The Kier molecular flexibility index (Phi) is 6.03.